The van der Waals surface area contributed by atoms with E-state index in [1.54, 1.807) is 12.1 Å². The fourth-order valence-electron chi connectivity index (χ4n) is 1.89. The number of nitrogens with zero attached hydrogens (tertiary/aromatic N) is 2. The van der Waals surface area contributed by atoms with E-state index in [4.69, 9.17) is 0 Å². The van der Waals surface area contributed by atoms with E-state index in [0.717, 1.165) is 16.9 Å². The van der Waals surface area contributed by atoms with Crippen LogP contribution in [0.25, 0.3) is 16.9 Å². The molecule has 3 rings (SSSR count). The topological polar surface area (TPSA) is 37.5 Å². The van der Waals surface area contributed by atoms with Gasteiger partial charge in [0, 0.05) is 18.0 Å². The Kier molecular flexibility index (Phi) is 2.11. The first-order valence-corrected chi connectivity index (χ1v) is 5.47. The van der Waals surface area contributed by atoms with Crippen LogP contribution in [-0.4, -0.2) is 14.5 Å². The van der Waals surface area contributed by atoms with Crippen molar-refractivity contribution in [1.82, 2.24) is 9.38 Å². The highest BCUT2D eigenvalue weighted by Crippen LogP contribution is 2.22. The minimum Gasteiger partial charge on any atom is -0.508 e. The largest absolute Gasteiger partial charge is 0.508 e. The van der Waals surface area contributed by atoms with Crippen LogP contribution in [0.3, 0.4) is 0 Å². The van der Waals surface area contributed by atoms with Crippen molar-refractivity contribution in [2.75, 3.05) is 0 Å². The number of benzene rings is 1. The number of pyridine rings is 1. The summed E-state index contributed by atoms with van der Waals surface area (Å²) in [5, 5.41) is 9.46. The number of fused-ring (bicyclic) bond motifs is 1. The molecule has 0 fully saturated rings. The molecule has 0 bridgehead atoms. The Morgan fingerprint density at radius 2 is 2.06 bits per heavy atom. The number of phenols is 1. The van der Waals surface area contributed by atoms with Crippen molar-refractivity contribution in [3.63, 3.8) is 0 Å². The Balaban J connectivity index is 2.18. The van der Waals surface area contributed by atoms with Gasteiger partial charge in [-0.3, -0.25) is 0 Å². The van der Waals surface area contributed by atoms with E-state index in [1.165, 1.54) is 5.56 Å². The number of aromatic nitrogens is 2. The molecule has 0 aliphatic heterocycles. The summed E-state index contributed by atoms with van der Waals surface area (Å²) < 4.78 is 1.98. The number of aryl methyl sites for hydroxylation is 1. The number of rotatable bonds is 1. The Morgan fingerprint density at radius 1 is 1.18 bits per heavy atom. The molecule has 84 valence electrons. The van der Waals surface area contributed by atoms with Crippen LogP contribution in [0.2, 0.25) is 0 Å². The molecule has 0 spiro atoms. The van der Waals surface area contributed by atoms with Gasteiger partial charge in [0.25, 0.3) is 0 Å². The highest BCUT2D eigenvalue weighted by Gasteiger charge is 2.04. The van der Waals surface area contributed by atoms with Gasteiger partial charge in [0.1, 0.15) is 11.4 Å². The van der Waals surface area contributed by atoms with Crippen LogP contribution in [0.1, 0.15) is 5.56 Å². The molecule has 0 aliphatic carbocycles. The first-order chi connectivity index (χ1) is 8.22. The quantitative estimate of drug-likeness (QED) is 0.690. The molecular weight excluding hydrogens is 212 g/mol. The van der Waals surface area contributed by atoms with Crippen molar-refractivity contribution < 1.29 is 5.11 Å². The zero-order valence-corrected chi connectivity index (χ0v) is 9.46. The van der Waals surface area contributed by atoms with Crippen molar-refractivity contribution in [1.29, 1.82) is 0 Å². The molecule has 2 heterocycles. The molecule has 0 amide bonds. The standard InChI is InChI=1S/C14H12N2O/c1-10-5-6-16-9-13(15-14(16)7-10)11-3-2-4-12(17)8-11/h2-9,17H,1H3. The van der Waals surface area contributed by atoms with Crippen LogP contribution in [0, 0.1) is 6.92 Å². The summed E-state index contributed by atoms with van der Waals surface area (Å²) in [5.41, 5.74) is 3.90. The summed E-state index contributed by atoms with van der Waals surface area (Å²) in [5.74, 6) is 0.260. The zero-order valence-electron chi connectivity index (χ0n) is 9.46. The molecule has 1 N–H and O–H groups in total. The van der Waals surface area contributed by atoms with Crippen molar-refractivity contribution in [2.24, 2.45) is 0 Å². The molecule has 1 aromatic carbocycles. The Bertz CT molecular complexity index is 686. The van der Waals surface area contributed by atoms with E-state index in [0.29, 0.717) is 0 Å². The molecule has 0 atom stereocenters. The third-order valence-electron chi connectivity index (χ3n) is 2.76. The van der Waals surface area contributed by atoms with E-state index in [9.17, 15) is 5.11 Å². The normalized spacial score (nSPS) is 10.9. The van der Waals surface area contributed by atoms with Gasteiger partial charge in [0.05, 0.1) is 5.69 Å². The Labute approximate surface area is 99.0 Å². The minimum atomic E-state index is 0.260. The number of aromatic hydroxyl groups is 1. The molecular formula is C14H12N2O. The molecule has 0 radical (unpaired) electrons. The Hall–Kier alpha value is -2.29. The van der Waals surface area contributed by atoms with Crippen LogP contribution in [0.5, 0.6) is 5.75 Å². The van der Waals surface area contributed by atoms with Gasteiger partial charge in [-0.05, 0) is 36.8 Å². The monoisotopic (exact) mass is 224 g/mol. The molecule has 17 heavy (non-hydrogen) atoms. The van der Waals surface area contributed by atoms with Gasteiger partial charge >= 0.3 is 0 Å². The maximum atomic E-state index is 9.46. The maximum absolute atomic E-state index is 9.46. The van der Waals surface area contributed by atoms with E-state index >= 15 is 0 Å². The molecule has 0 saturated carbocycles. The lowest BCUT2D eigenvalue weighted by Crippen LogP contribution is -1.81. The van der Waals surface area contributed by atoms with Crippen LogP contribution in [0.4, 0.5) is 0 Å². The van der Waals surface area contributed by atoms with Gasteiger partial charge in [-0.15, -0.1) is 0 Å². The molecule has 0 saturated heterocycles. The van der Waals surface area contributed by atoms with Gasteiger partial charge in [0.15, 0.2) is 0 Å². The summed E-state index contributed by atoms with van der Waals surface area (Å²) in [6.45, 7) is 2.04. The summed E-state index contributed by atoms with van der Waals surface area (Å²) in [6, 6.07) is 11.2. The van der Waals surface area contributed by atoms with Crippen LogP contribution in [-0.2, 0) is 0 Å². The first-order valence-electron chi connectivity index (χ1n) is 5.47. The third-order valence-corrected chi connectivity index (χ3v) is 2.76. The van der Waals surface area contributed by atoms with Crippen LogP contribution >= 0.6 is 0 Å². The van der Waals surface area contributed by atoms with Gasteiger partial charge in [-0.2, -0.15) is 0 Å². The Morgan fingerprint density at radius 3 is 2.88 bits per heavy atom. The molecule has 3 aromatic rings. The number of hydrogen-bond acceptors (Lipinski definition) is 2. The molecule has 0 unspecified atom stereocenters. The van der Waals surface area contributed by atoms with Crippen LogP contribution in [0.15, 0.2) is 48.8 Å². The summed E-state index contributed by atoms with van der Waals surface area (Å²) in [4.78, 5) is 4.54. The predicted octanol–water partition coefficient (Wildman–Crippen LogP) is 3.02. The molecule has 3 nitrogen and oxygen atoms in total. The second-order valence-electron chi connectivity index (χ2n) is 4.15. The molecule has 3 heteroatoms. The summed E-state index contributed by atoms with van der Waals surface area (Å²) in [6.07, 6.45) is 3.95. The van der Waals surface area contributed by atoms with Crippen LogP contribution < -0.4 is 0 Å². The van der Waals surface area contributed by atoms with Gasteiger partial charge in [0.2, 0.25) is 0 Å². The first kappa shape index (κ1) is 9.90. The number of phenolic OH excluding ortho intramolecular Hbond substituents is 1. The lowest BCUT2D eigenvalue weighted by atomic mass is 10.2. The van der Waals surface area contributed by atoms with Crippen molar-refractivity contribution >= 4 is 5.65 Å². The fourth-order valence-corrected chi connectivity index (χ4v) is 1.89. The highest BCUT2D eigenvalue weighted by atomic mass is 16.3. The molecule has 2 aromatic heterocycles. The summed E-state index contributed by atoms with van der Waals surface area (Å²) in [7, 11) is 0. The average molecular weight is 224 g/mol. The van der Waals surface area contributed by atoms with Crippen molar-refractivity contribution in [3.8, 4) is 17.0 Å². The highest BCUT2D eigenvalue weighted by molar-refractivity contribution is 5.64. The zero-order chi connectivity index (χ0) is 11.8. The SMILES string of the molecule is Cc1ccn2cc(-c3cccc(O)c3)nc2c1. The smallest absolute Gasteiger partial charge is 0.137 e. The lowest BCUT2D eigenvalue weighted by Gasteiger charge is -1.96. The fraction of sp³-hybridized carbons (Fsp3) is 0.0714. The molecule has 0 aliphatic rings. The second kappa shape index (κ2) is 3.63. The second-order valence-corrected chi connectivity index (χ2v) is 4.15. The third kappa shape index (κ3) is 1.76. The predicted molar refractivity (Wildman–Crippen MR) is 67.0 cm³/mol. The lowest BCUT2D eigenvalue weighted by molar-refractivity contribution is 0.475. The number of hydrogen-bond donors (Lipinski definition) is 1. The van der Waals surface area contributed by atoms with Gasteiger partial charge < -0.3 is 9.51 Å². The van der Waals surface area contributed by atoms with E-state index in [1.807, 2.05) is 48.0 Å². The maximum Gasteiger partial charge on any atom is 0.137 e. The van der Waals surface area contributed by atoms with E-state index in [-0.39, 0.29) is 5.75 Å². The average Bonchev–Trinajstić information content (AvgIpc) is 2.72. The van der Waals surface area contributed by atoms with Gasteiger partial charge in [-0.25, -0.2) is 4.98 Å². The number of imidazole rings is 1. The van der Waals surface area contributed by atoms with Gasteiger partial charge in [-0.1, -0.05) is 12.1 Å². The van der Waals surface area contributed by atoms with E-state index < -0.39 is 0 Å². The van der Waals surface area contributed by atoms with E-state index in [2.05, 4.69) is 4.98 Å². The summed E-state index contributed by atoms with van der Waals surface area (Å²) >= 11 is 0. The van der Waals surface area contributed by atoms with Crippen molar-refractivity contribution in [2.45, 2.75) is 6.92 Å². The van der Waals surface area contributed by atoms with Crippen molar-refractivity contribution in [3.05, 3.63) is 54.4 Å². The minimum absolute atomic E-state index is 0.260.